The quantitative estimate of drug-likeness (QED) is 0.786. The minimum absolute atomic E-state index is 0.0805. The monoisotopic (exact) mass is 229 g/mol. The Hall–Kier alpha value is -1.26. The van der Waals surface area contributed by atoms with E-state index >= 15 is 0 Å². The maximum atomic E-state index is 11.1. The van der Waals surface area contributed by atoms with Gasteiger partial charge in [-0.1, -0.05) is 17.7 Å². The van der Waals surface area contributed by atoms with E-state index in [-0.39, 0.29) is 25.7 Å². The number of benzene rings is 1. The van der Waals surface area contributed by atoms with Crippen LogP contribution in [0.2, 0.25) is 5.02 Å². The van der Waals surface area contributed by atoms with E-state index in [1.807, 2.05) is 0 Å². The number of aliphatic hydroxyl groups is 1. The van der Waals surface area contributed by atoms with Gasteiger partial charge in [0.15, 0.2) is 6.61 Å². The second-order valence-electron chi connectivity index (χ2n) is 2.82. The van der Waals surface area contributed by atoms with Gasteiger partial charge in [0.1, 0.15) is 5.75 Å². The number of aliphatic hydroxyl groups excluding tert-OH is 1. The summed E-state index contributed by atoms with van der Waals surface area (Å²) >= 11 is 5.73. The molecule has 0 aliphatic heterocycles. The lowest BCUT2D eigenvalue weighted by molar-refractivity contribution is -0.123. The third-order valence-corrected chi connectivity index (χ3v) is 1.84. The third-order valence-electron chi connectivity index (χ3n) is 1.60. The summed E-state index contributed by atoms with van der Waals surface area (Å²) in [4.78, 5) is 11.1. The van der Waals surface area contributed by atoms with Crippen molar-refractivity contribution in [3.63, 3.8) is 0 Å². The number of halogens is 1. The van der Waals surface area contributed by atoms with E-state index in [0.29, 0.717) is 10.8 Å². The first-order chi connectivity index (χ1) is 7.22. The van der Waals surface area contributed by atoms with Crippen LogP contribution in [0.4, 0.5) is 0 Å². The van der Waals surface area contributed by atoms with Crippen molar-refractivity contribution < 1.29 is 14.6 Å². The predicted molar refractivity (Wildman–Crippen MR) is 57.0 cm³/mol. The molecule has 1 aromatic carbocycles. The zero-order valence-electron chi connectivity index (χ0n) is 8.07. The summed E-state index contributed by atoms with van der Waals surface area (Å²) in [5.41, 5.74) is 0. The highest BCUT2D eigenvalue weighted by atomic mass is 35.5. The fourth-order valence-corrected chi connectivity index (χ4v) is 1.13. The van der Waals surface area contributed by atoms with E-state index < -0.39 is 0 Å². The number of hydrogen-bond donors (Lipinski definition) is 2. The van der Waals surface area contributed by atoms with Gasteiger partial charge in [0.05, 0.1) is 6.61 Å². The molecule has 1 amide bonds. The highest BCUT2D eigenvalue weighted by molar-refractivity contribution is 6.30. The third kappa shape index (κ3) is 4.67. The molecular weight excluding hydrogens is 218 g/mol. The molecule has 0 saturated carbocycles. The normalized spacial score (nSPS) is 9.73. The summed E-state index contributed by atoms with van der Waals surface area (Å²) < 4.78 is 5.17. The molecule has 0 radical (unpaired) electrons. The van der Waals surface area contributed by atoms with Gasteiger partial charge in [0.2, 0.25) is 0 Å². The molecule has 0 spiro atoms. The van der Waals surface area contributed by atoms with Crippen LogP contribution in [0.3, 0.4) is 0 Å². The smallest absolute Gasteiger partial charge is 0.258 e. The van der Waals surface area contributed by atoms with E-state index in [2.05, 4.69) is 5.32 Å². The van der Waals surface area contributed by atoms with E-state index in [9.17, 15) is 4.79 Å². The highest BCUT2D eigenvalue weighted by Gasteiger charge is 2.01. The van der Waals surface area contributed by atoms with Gasteiger partial charge in [-0.25, -0.2) is 0 Å². The lowest BCUT2D eigenvalue weighted by Gasteiger charge is -2.06. The minimum Gasteiger partial charge on any atom is -0.484 e. The summed E-state index contributed by atoms with van der Waals surface area (Å²) in [5, 5.41) is 11.5. The first-order valence-corrected chi connectivity index (χ1v) is 4.86. The van der Waals surface area contributed by atoms with Crippen molar-refractivity contribution >= 4 is 17.5 Å². The van der Waals surface area contributed by atoms with Gasteiger partial charge in [0.25, 0.3) is 5.91 Å². The molecule has 82 valence electrons. The molecule has 4 nitrogen and oxygen atoms in total. The van der Waals surface area contributed by atoms with Crippen LogP contribution in [0.15, 0.2) is 24.3 Å². The van der Waals surface area contributed by atoms with Crippen LogP contribution < -0.4 is 10.1 Å². The van der Waals surface area contributed by atoms with Crippen molar-refractivity contribution in [3.05, 3.63) is 29.3 Å². The van der Waals surface area contributed by atoms with Crippen LogP contribution in [0.25, 0.3) is 0 Å². The Kier molecular flexibility index (Phi) is 4.93. The van der Waals surface area contributed by atoms with Crippen molar-refractivity contribution in [3.8, 4) is 5.75 Å². The Morgan fingerprint density at radius 3 is 3.00 bits per heavy atom. The van der Waals surface area contributed by atoms with Crippen LogP contribution in [0, 0.1) is 0 Å². The number of nitrogens with one attached hydrogen (secondary N) is 1. The second kappa shape index (κ2) is 6.27. The summed E-state index contributed by atoms with van der Waals surface area (Å²) in [7, 11) is 0. The molecule has 0 saturated heterocycles. The van der Waals surface area contributed by atoms with E-state index in [1.165, 1.54) is 0 Å². The van der Waals surface area contributed by atoms with Gasteiger partial charge in [-0.15, -0.1) is 0 Å². The van der Waals surface area contributed by atoms with Crippen molar-refractivity contribution in [2.45, 2.75) is 0 Å². The summed E-state index contributed by atoms with van der Waals surface area (Å²) in [6.07, 6.45) is 0. The second-order valence-corrected chi connectivity index (χ2v) is 3.26. The number of hydrogen-bond acceptors (Lipinski definition) is 3. The maximum Gasteiger partial charge on any atom is 0.258 e. The average Bonchev–Trinajstić information content (AvgIpc) is 2.23. The van der Waals surface area contributed by atoms with Crippen LogP contribution in [-0.2, 0) is 4.79 Å². The lowest BCUT2D eigenvalue weighted by atomic mass is 10.3. The zero-order valence-corrected chi connectivity index (χ0v) is 8.83. The SMILES string of the molecule is O=C(COc1cccc(Cl)c1)NCCO. The van der Waals surface area contributed by atoms with Crippen molar-refractivity contribution in [1.29, 1.82) is 0 Å². The number of amides is 1. The van der Waals surface area contributed by atoms with Crippen LogP contribution >= 0.6 is 11.6 Å². The molecule has 0 fully saturated rings. The minimum atomic E-state index is -0.274. The highest BCUT2D eigenvalue weighted by Crippen LogP contribution is 2.16. The first-order valence-electron chi connectivity index (χ1n) is 4.48. The van der Waals surface area contributed by atoms with E-state index in [0.717, 1.165) is 0 Å². The molecule has 0 unspecified atom stereocenters. The topological polar surface area (TPSA) is 58.6 Å². The molecule has 2 N–H and O–H groups in total. The molecule has 1 rings (SSSR count). The molecule has 0 aliphatic carbocycles. The Bertz CT molecular complexity index is 330. The summed E-state index contributed by atoms with van der Waals surface area (Å²) in [6.45, 7) is 0.0704. The van der Waals surface area contributed by atoms with Crippen LogP contribution in [0.1, 0.15) is 0 Å². The van der Waals surface area contributed by atoms with Crippen molar-refractivity contribution in [2.24, 2.45) is 0 Å². The fraction of sp³-hybridized carbons (Fsp3) is 0.300. The number of rotatable bonds is 5. The Morgan fingerprint density at radius 1 is 1.53 bits per heavy atom. The van der Waals surface area contributed by atoms with Gasteiger partial charge < -0.3 is 15.2 Å². The summed E-state index contributed by atoms with van der Waals surface area (Å²) in [6, 6.07) is 6.80. The maximum absolute atomic E-state index is 11.1. The number of ether oxygens (including phenoxy) is 1. The van der Waals surface area contributed by atoms with Crippen LogP contribution in [-0.4, -0.2) is 30.8 Å². The Labute approximate surface area is 92.8 Å². The molecule has 15 heavy (non-hydrogen) atoms. The average molecular weight is 230 g/mol. The van der Waals surface area contributed by atoms with Crippen LogP contribution in [0.5, 0.6) is 5.75 Å². The molecular formula is C10H12ClNO3. The largest absolute Gasteiger partial charge is 0.484 e. The molecule has 5 heteroatoms. The zero-order chi connectivity index (χ0) is 11.1. The van der Waals surface area contributed by atoms with Crippen molar-refractivity contribution in [2.75, 3.05) is 19.8 Å². The first kappa shape index (κ1) is 11.8. The number of carbonyl (C=O) groups excluding carboxylic acids is 1. The van der Waals surface area contributed by atoms with Gasteiger partial charge in [-0.2, -0.15) is 0 Å². The van der Waals surface area contributed by atoms with Gasteiger partial charge in [-0.05, 0) is 18.2 Å². The molecule has 0 bridgehead atoms. The number of carbonyl (C=O) groups is 1. The molecule has 0 atom stereocenters. The predicted octanol–water partition coefficient (Wildman–Crippen LogP) is 0.827. The van der Waals surface area contributed by atoms with E-state index in [1.54, 1.807) is 24.3 Å². The summed E-state index contributed by atoms with van der Waals surface area (Å²) in [5.74, 6) is 0.269. The molecule has 1 aromatic rings. The Balaban J connectivity index is 2.33. The lowest BCUT2D eigenvalue weighted by Crippen LogP contribution is -2.31. The molecule has 0 aromatic heterocycles. The van der Waals surface area contributed by atoms with Gasteiger partial charge in [0, 0.05) is 11.6 Å². The van der Waals surface area contributed by atoms with E-state index in [4.69, 9.17) is 21.4 Å². The molecule has 0 heterocycles. The fourth-order valence-electron chi connectivity index (χ4n) is 0.952. The standard InChI is InChI=1S/C10H12ClNO3/c11-8-2-1-3-9(6-8)15-7-10(14)12-4-5-13/h1-3,6,13H,4-5,7H2,(H,12,14). The van der Waals surface area contributed by atoms with Crippen molar-refractivity contribution in [1.82, 2.24) is 5.32 Å². The van der Waals surface area contributed by atoms with Gasteiger partial charge >= 0.3 is 0 Å². The Morgan fingerprint density at radius 2 is 2.33 bits per heavy atom. The molecule has 0 aliphatic rings. The van der Waals surface area contributed by atoms with Gasteiger partial charge in [-0.3, -0.25) is 4.79 Å².